The Labute approximate surface area is 96.3 Å². The third-order valence-corrected chi connectivity index (χ3v) is 2.17. The van der Waals surface area contributed by atoms with Gasteiger partial charge in [0.1, 0.15) is 11.3 Å². The molecule has 0 unspecified atom stereocenters. The Morgan fingerprint density at radius 3 is 2.73 bits per heavy atom. The standard InChI is InChI=1S/C10H11BrO4/c1-13-6-15-9-4-3-7(11)5-8(9)10(12)14-2/h3-5H,6H2,1-2H3. The lowest BCUT2D eigenvalue weighted by atomic mass is 10.2. The Bertz CT molecular complexity index is 351. The molecule has 0 amide bonds. The van der Waals surface area contributed by atoms with Crippen molar-refractivity contribution in [2.24, 2.45) is 0 Å². The zero-order chi connectivity index (χ0) is 11.3. The van der Waals surface area contributed by atoms with Crippen LogP contribution in [-0.2, 0) is 9.47 Å². The van der Waals surface area contributed by atoms with Crippen LogP contribution in [-0.4, -0.2) is 27.0 Å². The summed E-state index contributed by atoms with van der Waals surface area (Å²) in [6.45, 7) is 0.0889. The topological polar surface area (TPSA) is 44.8 Å². The molecule has 4 nitrogen and oxygen atoms in total. The molecular weight excluding hydrogens is 264 g/mol. The number of methoxy groups -OCH3 is 2. The predicted molar refractivity (Wildman–Crippen MR) is 58.0 cm³/mol. The van der Waals surface area contributed by atoms with Crippen molar-refractivity contribution in [3.63, 3.8) is 0 Å². The Morgan fingerprint density at radius 1 is 1.40 bits per heavy atom. The lowest BCUT2D eigenvalue weighted by Gasteiger charge is -2.09. The molecule has 82 valence electrons. The van der Waals surface area contributed by atoms with E-state index in [4.69, 9.17) is 9.47 Å². The normalized spacial score (nSPS) is 9.80. The van der Waals surface area contributed by atoms with E-state index in [9.17, 15) is 4.79 Å². The molecule has 0 saturated heterocycles. The molecule has 0 N–H and O–H groups in total. The van der Waals surface area contributed by atoms with Crippen LogP contribution in [0.2, 0.25) is 0 Å². The van der Waals surface area contributed by atoms with E-state index in [0.717, 1.165) is 4.47 Å². The first kappa shape index (κ1) is 12.0. The number of benzene rings is 1. The molecule has 0 aliphatic carbocycles. The van der Waals surface area contributed by atoms with Crippen molar-refractivity contribution in [3.8, 4) is 5.75 Å². The smallest absolute Gasteiger partial charge is 0.341 e. The summed E-state index contributed by atoms with van der Waals surface area (Å²) >= 11 is 3.27. The van der Waals surface area contributed by atoms with E-state index >= 15 is 0 Å². The number of hydrogen-bond acceptors (Lipinski definition) is 4. The second-order valence-corrected chi connectivity index (χ2v) is 3.60. The van der Waals surface area contributed by atoms with Gasteiger partial charge < -0.3 is 14.2 Å². The first-order valence-corrected chi connectivity index (χ1v) is 4.98. The molecule has 0 atom stereocenters. The third-order valence-electron chi connectivity index (χ3n) is 1.68. The van der Waals surface area contributed by atoms with Crippen LogP contribution in [0, 0.1) is 0 Å². The fraction of sp³-hybridized carbons (Fsp3) is 0.300. The largest absolute Gasteiger partial charge is 0.467 e. The van der Waals surface area contributed by atoms with Crippen LogP contribution in [0.3, 0.4) is 0 Å². The molecule has 0 aliphatic rings. The average Bonchev–Trinajstić information content (AvgIpc) is 2.26. The summed E-state index contributed by atoms with van der Waals surface area (Å²) in [4.78, 5) is 11.4. The van der Waals surface area contributed by atoms with E-state index in [1.165, 1.54) is 14.2 Å². The highest BCUT2D eigenvalue weighted by Gasteiger charge is 2.13. The monoisotopic (exact) mass is 274 g/mol. The second-order valence-electron chi connectivity index (χ2n) is 2.68. The highest BCUT2D eigenvalue weighted by atomic mass is 79.9. The predicted octanol–water partition coefficient (Wildman–Crippen LogP) is 2.22. The molecule has 0 aliphatic heterocycles. The number of carbonyl (C=O) groups is 1. The van der Waals surface area contributed by atoms with Gasteiger partial charge in [-0.1, -0.05) is 15.9 Å². The maximum atomic E-state index is 11.4. The summed E-state index contributed by atoms with van der Waals surface area (Å²) in [5.74, 6) is -0.00527. The minimum absolute atomic E-state index is 0.0889. The van der Waals surface area contributed by atoms with Crippen molar-refractivity contribution in [1.82, 2.24) is 0 Å². The minimum Gasteiger partial charge on any atom is -0.467 e. The maximum Gasteiger partial charge on any atom is 0.341 e. The number of ether oxygens (including phenoxy) is 3. The van der Waals surface area contributed by atoms with Crippen molar-refractivity contribution in [1.29, 1.82) is 0 Å². The summed E-state index contributed by atoms with van der Waals surface area (Å²) in [5.41, 5.74) is 0.365. The molecule has 0 radical (unpaired) electrons. The van der Waals surface area contributed by atoms with Gasteiger partial charge >= 0.3 is 5.97 Å². The molecule has 0 spiro atoms. The van der Waals surface area contributed by atoms with Crippen molar-refractivity contribution in [3.05, 3.63) is 28.2 Å². The summed E-state index contributed by atoms with van der Waals surface area (Å²) < 4.78 is 15.4. The first-order chi connectivity index (χ1) is 7.19. The van der Waals surface area contributed by atoms with Crippen LogP contribution in [0.5, 0.6) is 5.75 Å². The van der Waals surface area contributed by atoms with Crippen LogP contribution in [0.4, 0.5) is 0 Å². The highest BCUT2D eigenvalue weighted by molar-refractivity contribution is 9.10. The van der Waals surface area contributed by atoms with Crippen LogP contribution in [0.1, 0.15) is 10.4 Å². The first-order valence-electron chi connectivity index (χ1n) is 4.18. The number of rotatable bonds is 4. The van der Waals surface area contributed by atoms with Gasteiger partial charge in [0.25, 0.3) is 0 Å². The van der Waals surface area contributed by atoms with Gasteiger partial charge in [-0.15, -0.1) is 0 Å². The van der Waals surface area contributed by atoms with Gasteiger partial charge in [-0.25, -0.2) is 4.79 Å². The molecule has 0 aromatic heterocycles. The zero-order valence-corrected chi connectivity index (χ0v) is 10.0. The Balaban J connectivity index is 2.97. The van der Waals surface area contributed by atoms with Gasteiger partial charge in [-0.3, -0.25) is 0 Å². The van der Waals surface area contributed by atoms with Gasteiger partial charge in [-0.2, -0.15) is 0 Å². The van der Waals surface area contributed by atoms with Crippen LogP contribution in [0.15, 0.2) is 22.7 Å². The van der Waals surface area contributed by atoms with E-state index in [1.54, 1.807) is 18.2 Å². The average molecular weight is 275 g/mol. The molecule has 0 fully saturated rings. The summed E-state index contributed by atoms with van der Waals surface area (Å²) in [6, 6.07) is 5.09. The van der Waals surface area contributed by atoms with E-state index in [2.05, 4.69) is 20.7 Å². The molecule has 5 heteroatoms. The van der Waals surface area contributed by atoms with Gasteiger partial charge in [-0.05, 0) is 18.2 Å². The van der Waals surface area contributed by atoms with Crippen LogP contribution in [0.25, 0.3) is 0 Å². The summed E-state index contributed by atoms with van der Waals surface area (Å²) in [7, 11) is 2.83. The van der Waals surface area contributed by atoms with E-state index in [-0.39, 0.29) is 6.79 Å². The Morgan fingerprint density at radius 2 is 2.13 bits per heavy atom. The van der Waals surface area contributed by atoms with Gasteiger partial charge in [0.15, 0.2) is 6.79 Å². The Hall–Kier alpha value is -1.07. The van der Waals surface area contributed by atoms with E-state index < -0.39 is 5.97 Å². The molecule has 1 aromatic rings. The number of esters is 1. The Kier molecular flexibility index (Phi) is 4.58. The van der Waals surface area contributed by atoms with Crippen molar-refractivity contribution < 1.29 is 19.0 Å². The van der Waals surface area contributed by atoms with Crippen molar-refractivity contribution >= 4 is 21.9 Å². The second kappa shape index (κ2) is 5.72. The SMILES string of the molecule is COCOc1ccc(Br)cc1C(=O)OC. The molecule has 0 bridgehead atoms. The maximum absolute atomic E-state index is 11.4. The minimum atomic E-state index is -0.442. The van der Waals surface area contributed by atoms with Crippen LogP contribution < -0.4 is 4.74 Å². The lowest BCUT2D eigenvalue weighted by molar-refractivity contribution is 0.0465. The van der Waals surface area contributed by atoms with E-state index in [0.29, 0.717) is 11.3 Å². The quantitative estimate of drug-likeness (QED) is 0.624. The molecule has 1 rings (SSSR count). The number of halogens is 1. The van der Waals surface area contributed by atoms with Crippen molar-refractivity contribution in [2.45, 2.75) is 0 Å². The molecule has 1 aromatic carbocycles. The molecular formula is C10H11BrO4. The molecule has 0 heterocycles. The summed E-state index contributed by atoms with van der Waals surface area (Å²) in [6.07, 6.45) is 0. The summed E-state index contributed by atoms with van der Waals surface area (Å²) in [5, 5.41) is 0. The van der Waals surface area contributed by atoms with Gasteiger partial charge in [0, 0.05) is 11.6 Å². The van der Waals surface area contributed by atoms with Crippen LogP contribution >= 0.6 is 15.9 Å². The van der Waals surface area contributed by atoms with Gasteiger partial charge in [0.05, 0.1) is 7.11 Å². The molecule has 0 saturated carbocycles. The number of carbonyl (C=O) groups excluding carboxylic acids is 1. The lowest BCUT2D eigenvalue weighted by Crippen LogP contribution is -2.07. The zero-order valence-electron chi connectivity index (χ0n) is 8.45. The third kappa shape index (κ3) is 3.21. The van der Waals surface area contributed by atoms with Gasteiger partial charge in [0.2, 0.25) is 0 Å². The van der Waals surface area contributed by atoms with E-state index in [1.807, 2.05) is 0 Å². The fourth-order valence-corrected chi connectivity index (χ4v) is 1.38. The number of hydrogen-bond donors (Lipinski definition) is 0. The fourth-order valence-electron chi connectivity index (χ4n) is 1.02. The molecule has 15 heavy (non-hydrogen) atoms. The highest BCUT2D eigenvalue weighted by Crippen LogP contribution is 2.23. The van der Waals surface area contributed by atoms with Crippen molar-refractivity contribution in [2.75, 3.05) is 21.0 Å².